The molecule has 0 amide bonds. The van der Waals surface area contributed by atoms with Gasteiger partial charge >= 0.3 is 0 Å². The lowest BCUT2D eigenvalue weighted by Gasteiger charge is -2.19. The molecular formula is C21H22N2O2. The maximum Gasteiger partial charge on any atom is 0.145 e. The van der Waals surface area contributed by atoms with Crippen LogP contribution in [0.15, 0.2) is 79.1 Å². The Labute approximate surface area is 148 Å². The molecule has 1 aromatic heterocycles. The first-order chi connectivity index (χ1) is 12.4. The molecule has 4 heteroatoms. The molecule has 0 bridgehead atoms. The average molecular weight is 334 g/mol. The Balaban J connectivity index is 1.72. The molecule has 0 aliphatic carbocycles. The molecule has 2 N–H and O–H groups in total. The Bertz CT molecular complexity index is 763. The van der Waals surface area contributed by atoms with E-state index in [1.807, 2.05) is 54.6 Å². The minimum absolute atomic E-state index is 0.0950. The maximum atomic E-state index is 9.37. The molecule has 128 valence electrons. The molecule has 2 aromatic carbocycles. The number of aliphatic hydroxyl groups is 1. The highest BCUT2D eigenvalue weighted by atomic mass is 16.5. The Morgan fingerprint density at radius 1 is 0.960 bits per heavy atom. The normalized spacial score (nSPS) is 11.9. The van der Waals surface area contributed by atoms with Crippen molar-refractivity contribution < 1.29 is 9.84 Å². The second-order valence-corrected chi connectivity index (χ2v) is 5.75. The van der Waals surface area contributed by atoms with Gasteiger partial charge in [0.15, 0.2) is 0 Å². The van der Waals surface area contributed by atoms with E-state index in [1.54, 1.807) is 12.4 Å². The van der Waals surface area contributed by atoms with Crippen molar-refractivity contribution in [1.29, 1.82) is 0 Å². The van der Waals surface area contributed by atoms with Crippen molar-refractivity contribution in [2.24, 2.45) is 0 Å². The summed E-state index contributed by atoms with van der Waals surface area (Å²) in [6, 6.07) is 22.0. The van der Waals surface area contributed by atoms with E-state index in [2.05, 4.69) is 22.4 Å². The molecule has 1 atom stereocenters. The van der Waals surface area contributed by atoms with Gasteiger partial charge in [-0.25, -0.2) is 0 Å². The van der Waals surface area contributed by atoms with Crippen LogP contribution in [0.25, 0.3) is 0 Å². The van der Waals surface area contributed by atoms with Crippen LogP contribution in [0.3, 0.4) is 0 Å². The fourth-order valence-corrected chi connectivity index (χ4v) is 2.72. The molecule has 1 heterocycles. The summed E-state index contributed by atoms with van der Waals surface area (Å²) in [4.78, 5) is 4.08. The largest absolute Gasteiger partial charge is 0.455 e. The number of hydrogen-bond acceptors (Lipinski definition) is 4. The number of aromatic nitrogens is 1. The third kappa shape index (κ3) is 4.89. The van der Waals surface area contributed by atoms with Crippen molar-refractivity contribution in [2.45, 2.75) is 19.0 Å². The van der Waals surface area contributed by atoms with Crippen LogP contribution in [0.1, 0.15) is 23.6 Å². The number of benzene rings is 2. The van der Waals surface area contributed by atoms with Gasteiger partial charge in [0.1, 0.15) is 11.5 Å². The molecule has 0 radical (unpaired) electrons. The van der Waals surface area contributed by atoms with Crippen LogP contribution >= 0.6 is 0 Å². The van der Waals surface area contributed by atoms with Crippen molar-refractivity contribution in [1.82, 2.24) is 10.3 Å². The molecule has 4 nitrogen and oxygen atoms in total. The van der Waals surface area contributed by atoms with Crippen LogP contribution in [0.4, 0.5) is 0 Å². The molecular weight excluding hydrogens is 312 g/mol. The monoisotopic (exact) mass is 334 g/mol. The molecule has 3 aromatic rings. The SMILES string of the molecule is OCCC(NCc1ccccc1Oc1cccnc1)c1ccccc1. The highest BCUT2D eigenvalue weighted by Gasteiger charge is 2.12. The minimum atomic E-state index is 0.0950. The van der Waals surface area contributed by atoms with Crippen LogP contribution in [-0.4, -0.2) is 16.7 Å². The van der Waals surface area contributed by atoms with E-state index in [0.717, 1.165) is 11.3 Å². The molecule has 3 rings (SSSR count). The first kappa shape index (κ1) is 17.1. The van der Waals surface area contributed by atoms with Crippen LogP contribution in [-0.2, 0) is 6.54 Å². The zero-order valence-electron chi connectivity index (χ0n) is 14.0. The Hall–Kier alpha value is -2.69. The van der Waals surface area contributed by atoms with Gasteiger partial charge in [0.2, 0.25) is 0 Å². The topological polar surface area (TPSA) is 54.4 Å². The quantitative estimate of drug-likeness (QED) is 0.651. The van der Waals surface area contributed by atoms with Gasteiger partial charge in [0.05, 0.1) is 6.20 Å². The molecule has 0 fully saturated rings. The van der Waals surface area contributed by atoms with Crippen molar-refractivity contribution in [3.8, 4) is 11.5 Å². The standard InChI is InChI=1S/C21H22N2O2/c24-14-12-20(17-7-2-1-3-8-17)23-15-18-9-4-5-11-21(18)25-19-10-6-13-22-16-19/h1-11,13,16,20,23-24H,12,14-15H2. The molecule has 25 heavy (non-hydrogen) atoms. The predicted molar refractivity (Wildman–Crippen MR) is 98.5 cm³/mol. The van der Waals surface area contributed by atoms with Gasteiger partial charge in [-0.3, -0.25) is 4.98 Å². The van der Waals surface area contributed by atoms with E-state index >= 15 is 0 Å². The highest BCUT2D eigenvalue weighted by Crippen LogP contribution is 2.25. The second kappa shape index (κ2) is 8.97. The Morgan fingerprint density at radius 3 is 2.52 bits per heavy atom. The summed E-state index contributed by atoms with van der Waals surface area (Å²) in [5.41, 5.74) is 2.23. The molecule has 0 saturated carbocycles. The Kier molecular flexibility index (Phi) is 6.15. The summed E-state index contributed by atoms with van der Waals surface area (Å²) in [7, 11) is 0. The van der Waals surface area contributed by atoms with E-state index in [0.29, 0.717) is 18.7 Å². The fourth-order valence-electron chi connectivity index (χ4n) is 2.72. The van der Waals surface area contributed by atoms with Gasteiger partial charge in [-0.05, 0) is 30.2 Å². The third-order valence-corrected chi connectivity index (χ3v) is 3.99. The van der Waals surface area contributed by atoms with Crippen LogP contribution in [0.2, 0.25) is 0 Å². The second-order valence-electron chi connectivity index (χ2n) is 5.75. The van der Waals surface area contributed by atoms with Crippen LogP contribution in [0.5, 0.6) is 11.5 Å². The van der Waals surface area contributed by atoms with E-state index in [9.17, 15) is 5.11 Å². The predicted octanol–water partition coefficient (Wildman–Crippen LogP) is 4.09. The molecule has 1 unspecified atom stereocenters. The van der Waals surface area contributed by atoms with Gasteiger partial charge < -0.3 is 15.2 Å². The summed E-state index contributed by atoms with van der Waals surface area (Å²) in [6.45, 7) is 0.788. The molecule has 0 spiro atoms. The number of nitrogens with zero attached hydrogens (tertiary/aromatic N) is 1. The average Bonchev–Trinajstić information content (AvgIpc) is 2.68. The zero-order valence-corrected chi connectivity index (χ0v) is 14.0. The molecule has 0 aliphatic rings. The fraction of sp³-hybridized carbons (Fsp3) is 0.190. The molecule has 0 aliphatic heterocycles. The van der Waals surface area contributed by atoms with Crippen molar-refractivity contribution in [3.63, 3.8) is 0 Å². The van der Waals surface area contributed by atoms with E-state index in [1.165, 1.54) is 5.56 Å². The van der Waals surface area contributed by atoms with Crippen molar-refractivity contribution >= 4 is 0 Å². The number of rotatable bonds is 8. The van der Waals surface area contributed by atoms with Crippen molar-refractivity contribution in [2.75, 3.05) is 6.61 Å². The summed E-state index contributed by atoms with van der Waals surface area (Å²) >= 11 is 0. The summed E-state index contributed by atoms with van der Waals surface area (Å²) in [6.07, 6.45) is 4.08. The van der Waals surface area contributed by atoms with Gasteiger partial charge in [0.25, 0.3) is 0 Å². The molecule has 0 saturated heterocycles. The summed E-state index contributed by atoms with van der Waals surface area (Å²) in [5.74, 6) is 1.52. The smallest absolute Gasteiger partial charge is 0.145 e. The summed E-state index contributed by atoms with van der Waals surface area (Å²) in [5, 5.41) is 12.9. The number of ether oxygens (including phenoxy) is 1. The van der Waals surface area contributed by atoms with Crippen LogP contribution < -0.4 is 10.1 Å². The van der Waals surface area contributed by atoms with Gasteiger partial charge in [-0.15, -0.1) is 0 Å². The van der Waals surface area contributed by atoms with E-state index < -0.39 is 0 Å². The zero-order chi connectivity index (χ0) is 17.3. The summed E-state index contributed by atoms with van der Waals surface area (Å²) < 4.78 is 5.96. The maximum absolute atomic E-state index is 9.37. The number of hydrogen-bond donors (Lipinski definition) is 2. The lowest BCUT2D eigenvalue weighted by molar-refractivity contribution is 0.265. The first-order valence-electron chi connectivity index (χ1n) is 8.42. The highest BCUT2D eigenvalue weighted by molar-refractivity contribution is 5.37. The first-order valence-corrected chi connectivity index (χ1v) is 8.42. The third-order valence-electron chi connectivity index (χ3n) is 3.99. The van der Waals surface area contributed by atoms with Crippen molar-refractivity contribution in [3.05, 3.63) is 90.3 Å². The van der Waals surface area contributed by atoms with Gasteiger partial charge in [0, 0.05) is 31.0 Å². The Morgan fingerprint density at radius 2 is 1.76 bits per heavy atom. The van der Waals surface area contributed by atoms with Crippen LogP contribution in [0, 0.1) is 0 Å². The lowest BCUT2D eigenvalue weighted by atomic mass is 10.0. The lowest BCUT2D eigenvalue weighted by Crippen LogP contribution is -2.22. The number of pyridine rings is 1. The minimum Gasteiger partial charge on any atom is -0.455 e. The number of aliphatic hydroxyl groups excluding tert-OH is 1. The number of para-hydroxylation sites is 1. The number of nitrogens with one attached hydrogen (secondary N) is 1. The van der Waals surface area contributed by atoms with Gasteiger partial charge in [-0.1, -0.05) is 48.5 Å². The van der Waals surface area contributed by atoms with E-state index in [4.69, 9.17) is 4.74 Å². The van der Waals surface area contributed by atoms with Gasteiger partial charge in [-0.2, -0.15) is 0 Å². The van der Waals surface area contributed by atoms with E-state index in [-0.39, 0.29) is 12.6 Å².